The standard InChI is InChI=1S/C19H20N2O.CH3F/c1-3-21(4-2)16-8-5-14(6-9-16)18-11-7-15-13-17(22)10-12-19(15)20-18;1-2/h5-13,22H,3-4H2,1-2H3;1H3. The van der Waals surface area contributed by atoms with Crippen LogP contribution in [0.1, 0.15) is 13.8 Å². The van der Waals surface area contributed by atoms with Gasteiger partial charge in [-0.05, 0) is 50.2 Å². The quantitative estimate of drug-likeness (QED) is 0.730. The summed E-state index contributed by atoms with van der Waals surface area (Å²) in [6.07, 6.45) is 0. The molecule has 0 radical (unpaired) electrons. The Kier molecular flexibility index (Phi) is 6.13. The van der Waals surface area contributed by atoms with Crippen molar-refractivity contribution in [3.8, 4) is 17.0 Å². The lowest BCUT2D eigenvalue weighted by Gasteiger charge is -2.21. The van der Waals surface area contributed by atoms with Crippen LogP contribution in [0, 0.1) is 0 Å². The zero-order valence-corrected chi connectivity index (χ0v) is 14.3. The Hall–Kier alpha value is -2.62. The summed E-state index contributed by atoms with van der Waals surface area (Å²) in [4.78, 5) is 7.00. The van der Waals surface area contributed by atoms with Crippen LogP contribution in [0.5, 0.6) is 5.75 Å². The number of benzene rings is 2. The number of halogens is 1. The van der Waals surface area contributed by atoms with E-state index in [0.717, 1.165) is 35.2 Å². The molecule has 126 valence electrons. The summed E-state index contributed by atoms with van der Waals surface area (Å²) >= 11 is 0. The van der Waals surface area contributed by atoms with Crippen molar-refractivity contribution >= 4 is 16.6 Å². The lowest BCUT2D eigenvalue weighted by Crippen LogP contribution is -2.21. The first kappa shape index (κ1) is 17.7. The van der Waals surface area contributed by atoms with E-state index in [2.05, 4.69) is 48.0 Å². The molecule has 1 heterocycles. The zero-order chi connectivity index (χ0) is 17.5. The molecule has 1 aromatic heterocycles. The monoisotopic (exact) mass is 326 g/mol. The highest BCUT2D eigenvalue weighted by Crippen LogP contribution is 2.25. The molecule has 1 N–H and O–H groups in total. The fourth-order valence-electron chi connectivity index (χ4n) is 2.71. The molecule has 24 heavy (non-hydrogen) atoms. The highest BCUT2D eigenvalue weighted by molar-refractivity contribution is 5.83. The molecule has 0 unspecified atom stereocenters. The molecule has 0 spiro atoms. The topological polar surface area (TPSA) is 36.4 Å². The van der Waals surface area contributed by atoms with E-state index in [1.165, 1.54) is 5.69 Å². The van der Waals surface area contributed by atoms with Gasteiger partial charge in [-0.3, -0.25) is 4.39 Å². The average Bonchev–Trinajstić information content (AvgIpc) is 2.64. The molecule has 0 saturated carbocycles. The minimum absolute atomic E-state index is 0.269. The minimum Gasteiger partial charge on any atom is -0.508 e. The first-order chi connectivity index (χ1) is 11.7. The van der Waals surface area contributed by atoms with Crippen molar-refractivity contribution in [3.63, 3.8) is 0 Å². The van der Waals surface area contributed by atoms with Gasteiger partial charge in [0.2, 0.25) is 0 Å². The van der Waals surface area contributed by atoms with Gasteiger partial charge in [-0.1, -0.05) is 18.2 Å². The van der Waals surface area contributed by atoms with Crippen LogP contribution in [0.4, 0.5) is 10.1 Å². The third kappa shape index (κ3) is 3.82. The summed E-state index contributed by atoms with van der Waals surface area (Å²) in [6, 6.07) is 17.8. The molecule has 2 aromatic carbocycles. The van der Waals surface area contributed by atoms with Crippen LogP contribution in [0.3, 0.4) is 0 Å². The summed E-state index contributed by atoms with van der Waals surface area (Å²) in [5.74, 6) is 0.269. The highest BCUT2D eigenvalue weighted by atomic mass is 19.1. The molecule has 3 aromatic rings. The lowest BCUT2D eigenvalue weighted by atomic mass is 10.1. The molecule has 3 nitrogen and oxygen atoms in total. The van der Waals surface area contributed by atoms with Gasteiger partial charge in [-0.2, -0.15) is 0 Å². The number of hydrogen-bond donors (Lipinski definition) is 1. The molecule has 0 fully saturated rings. The van der Waals surface area contributed by atoms with Gasteiger partial charge in [0.1, 0.15) is 5.75 Å². The molecule has 0 amide bonds. The molecule has 0 aliphatic rings. The van der Waals surface area contributed by atoms with Crippen molar-refractivity contribution in [2.45, 2.75) is 13.8 Å². The van der Waals surface area contributed by atoms with Crippen LogP contribution in [0.15, 0.2) is 54.6 Å². The largest absolute Gasteiger partial charge is 0.508 e. The molecular weight excluding hydrogens is 303 g/mol. The molecule has 0 aliphatic heterocycles. The Balaban J connectivity index is 0.00000100. The van der Waals surface area contributed by atoms with E-state index in [9.17, 15) is 9.50 Å². The van der Waals surface area contributed by atoms with E-state index >= 15 is 0 Å². The van der Waals surface area contributed by atoms with Crippen LogP contribution < -0.4 is 4.90 Å². The zero-order valence-electron chi connectivity index (χ0n) is 14.3. The van der Waals surface area contributed by atoms with E-state index in [0.29, 0.717) is 7.18 Å². The number of pyridine rings is 1. The predicted molar refractivity (Wildman–Crippen MR) is 99.4 cm³/mol. The third-order valence-corrected chi connectivity index (χ3v) is 3.96. The molecule has 0 atom stereocenters. The van der Waals surface area contributed by atoms with Crippen molar-refractivity contribution in [3.05, 3.63) is 54.6 Å². The maximum absolute atomic E-state index is 9.51. The number of aromatic nitrogens is 1. The molecule has 0 saturated heterocycles. The second-order valence-corrected chi connectivity index (χ2v) is 5.29. The molecular formula is C20H23FN2O. The van der Waals surface area contributed by atoms with Gasteiger partial charge in [0.15, 0.2) is 0 Å². The van der Waals surface area contributed by atoms with Gasteiger partial charge >= 0.3 is 0 Å². The van der Waals surface area contributed by atoms with Gasteiger partial charge in [-0.15, -0.1) is 0 Å². The van der Waals surface area contributed by atoms with E-state index in [4.69, 9.17) is 0 Å². The number of phenolic OH excluding ortho intramolecular Hbond substituents is 1. The predicted octanol–water partition coefficient (Wildman–Crippen LogP) is 5.04. The van der Waals surface area contributed by atoms with Crippen LogP contribution in [0.2, 0.25) is 0 Å². The van der Waals surface area contributed by atoms with Crippen molar-refractivity contribution < 1.29 is 9.50 Å². The summed E-state index contributed by atoms with van der Waals surface area (Å²) in [7, 11) is 0.500. The fourth-order valence-corrected chi connectivity index (χ4v) is 2.71. The van der Waals surface area contributed by atoms with Crippen LogP contribution >= 0.6 is 0 Å². The van der Waals surface area contributed by atoms with Crippen LogP contribution in [-0.4, -0.2) is 30.4 Å². The summed E-state index contributed by atoms with van der Waals surface area (Å²) in [5.41, 5.74) is 4.18. The smallest absolute Gasteiger partial charge is 0.116 e. The second-order valence-electron chi connectivity index (χ2n) is 5.29. The van der Waals surface area contributed by atoms with Gasteiger partial charge in [-0.25, -0.2) is 4.98 Å². The fraction of sp³-hybridized carbons (Fsp3) is 0.250. The third-order valence-electron chi connectivity index (χ3n) is 3.96. The Bertz CT molecular complexity index is 783. The molecule has 4 heteroatoms. The first-order valence-corrected chi connectivity index (χ1v) is 8.04. The summed E-state index contributed by atoms with van der Waals surface area (Å²) in [6.45, 7) is 6.34. The first-order valence-electron chi connectivity index (χ1n) is 8.04. The minimum atomic E-state index is 0.269. The van der Waals surface area contributed by atoms with Crippen molar-refractivity contribution in [1.29, 1.82) is 0 Å². The summed E-state index contributed by atoms with van der Waals surface area (Å²) < 4.78 is 9.50. The highest BCUT2D eigenvalue weighted by Gasteiger charge is 2.05. The maximum atomic E-state index is 9.51. The van der Waals surface area contributed by atoms with Gasteiger partial charge in [0, 0.05) is 29.7 Å². The van der Waals surface area contributed by atoms with Crippen molar-refractivity contribution in [1.82, 2.24) is 4.98 Å². The van der Waals surface area contributed by atoms with Crippen LogP contribution in [0.25, 0.3) is 22.2 Å². The Labute approximate surface area is 142 Å². The number of phenols is 1. The molecule has 3 rings (SSSR count). The van der Waals surface area contributed by atoms with E-state index < -0.39 is 0 Å². The van der Waals surface area contributed by atoms with E-state index in [1.54, 1.807) is 12.1 Å². The lowest BCUT2D eigenvalue weighted by molar-refractivity contribution is 0.476. The summed E-state index contributed by atoms with van der Waals surface area (Å²) in [5, 5.41) is 10.5. The number of nitrogens with zero attached hydrogens (tertiary/aromatic N) is 2. The number of aromatic hydroxyl groups is 1. The van der Waals surface area contributed by atoms with Gasteiger partial charge in [0.25, 0.3) is 0 Å². The SMILES string of the molecule is CCN(CC)c1ccc(-c2ccc3cc(O)ccc3n2)cc1.CF. The van der Waals surface area contributed by atoms with Crippen molar-refractivity contribution in [2.75, 3.05) is 25.2 Å². The van der Waals surface area contributed by atoms with Gasteiger partial charge in [0.05, 0.1) is 18.4 Å². The Morgan fingerprint density at radius 3 is 2.21 bits per heavy atom. The van der Waals surface area contributed by atoms with E-state index in [-0.39, 0.29) is 5.75 Å². The number of rotatable bonds is 4. The maximum Gasteiger partial charge on any atom is 0.116 e. The van der Waals surface area contributed by atoms with Gasteiger partial charge < -0.3 is 10.0 Å². The molecule has 0 aliphatic carbocycles. The van der Waals surface area contributed by atoms with Crippen molar-refractivity contribution in [2.24, 2.45) is 0 Å². The number of anilines is 1. The Morgan fingerprint density at radius 1 is 0.917 bits per heavy atom. The normalized spacial score (nSPS) is 10.2. The average molecular weight is 326 g/mol. The number of hydrogen-bond acceptors (Lipinski definition) is 3. The Morgan fingerprint density at radius 2 is 1.58 bits per heavy atom. The number of fused-ring (bicyclic) bond motifs is 1. The molecule has 0 bridgehead atoms. The van der Waals surface area contributed by atoms with Crippen LogP contribution in [-0.2, 0) is 0 Å². The van der Waals surface area contributed by atoms with E-state index in [1.807, 2.05) is 18.2 Å². The number of alkyl halides is 1. The second kappa shape index (κ2) is 8.29.